The zero-order valence-electron chi connectivity index (χ0n) is 13.6. The quantitative estimate of drug-likeness (QED) is 0.834. The smallest absolute Gasteiger partial charge is 0.338 e. The van der Waals surface area contributed by atoms with E-state index in [4.69, 9.17) is 21.1 Å². The Morgan fingerprint density at radius 2 is 1.92 bits per heavy atom. The largest absolute Gasteiger partial charge is 0.495 e. The van der Waals surface area contributed by atoms with Crippen molar-refractivity contribution < 1.29 is 19.1 Å². The molecule has 0 fully saturated rings. The molecule has 5 nitrogen and oxygen atoms in total. The number of hydrogen-bond acceptors (Lipinski definition) is 4. The highest BCUT2D eigenvalue weighted by atomic mass is 35.5. The maximum atomic E-state index is 12.1. The Balaban J connectivity index is 1.99. The van der Waals surface area contributed by atoms with E-state index >= 15 is 0 Å². The standard InChI is InChI=1S/C18H18ClNO4/c1-11-5-4-6-13(9-11)18(22)24-12(2)17(21)20-14-7-8-16(23-3)15(19)10-14/h4-10,12H,1-3H3,(H,20,21)/t12-/m0/s1. The molecular formula is C18H18ClNO4. The fraction of sp³-hybridized carbons (Fsp3) is 0.222. The Morgan fingerprint density at radius 1 is 1.17 bits per heavy atom. The zero-order valence-corrected chi connectivity index (χ0v) is 14.4. The number of benzene rings is 2. The topological polar surface area (TPSA) is 64.6 Å². The van der Waals surface area contributed by atoms with Crippen molar-refractivity contribution in [3.8, 4) is 5.75 Å². The molecule has 1 amide bonds. The zero-order chi connectivity index (χ0) is 17.7. The molecule has 0 unspecified atom stereocenters. The first-order chi connectivity index (χ1) is 11.4. The molecule has 2 aromatic rings. The first-order valence-electron chi connectivity index (χ1n) is 7.32. The van der Waals surface area contributed by atoms with E-state index in [1.165, 1.54) is 14.0 Å². The summed E-state index contributed by atoms with van der Waals surface area (Å²) in [4.78, 5) is 24.2. The monoisotopic (exact) mass is 347 g/mol. The highest BCUT2D eigenvalue weighted by Gasteiger charge is 2.19. The number of nitrogens with one attached hydrogen (secondary N) is 1. The van der Waals surface area contributed by atoms with Gasteiger partial charge in [-0.1, -0.05) is 29.3 Å². The third kappa shape index (κ3) is 4.49. The maximum absolute atomic E-state index is 12.1. The van der Waals surface area contributed by atoms with Crippen molar-refractivity contribution in [2.24, 2.45) is 0 Å². The van der Waals surface area contributed by atoms with Gasteiger partial charge >= 0.3 is 5.97 Å². The molecule has 24 heavy (non-hydrogen) atoms. The molecule has 126 valence electrons. The van der Waals surface area contributed by atoms with E-state index < -0.39 is 18.0 Å². The minimum Gasteiger partial charge on any atom is -0.495 e. The van der Waals surface area contributed by atoms with Crippen LogP contribution in [0.4, 0.5) is 5.69 Å². The summed E-state index contributed by atoms with van der Waals surface area (Å²) in [7, 11) is 1.51. The molecule has 0 aliphatic carbocycles. The van der Waals surface area contributed by atoms with Crippen LogP contribution in [0, 0.1) is 6.92 Å². The molecule has 2 aromatic carbocycles. The molecule has 1 N–H and O–H groups in total. The maximum Gasteiger partial charge on any atom is 0.338 e. The summed E-state index contributed by atoms with van der Waals surface area (Å²) < 4.78 is 10.2. The van der Waals surface area contributed by atoms with Gasteiger partial charge in [-0.25, -0.2) is 4.79 Å². The third-order valence-electron chi connectivity index (χ3n) is 3.33. The number of carbonyl (C=O) groups is 2. The van der Waals surface area contributed by atoms with Crippen molar-refractivity contribution in [3.63, 3.8) is 0 Å². The van der Waals surface area contributed by atoms with Crippen molar-refractivity contribution in [1.29, 1.82) is 0 Å². The summed E-state index contributed by atoms with van der Waals surface area (Å²) in [5, 5.41) is 3.02. The van der Waals surface area contributed by atoms with Gasteiger partial charge in [0.05, 0.1) is 17.7 Å². The van der Waals surface area contributed by atoms with Gasteiger partial charge in [0.15, 0.2) is 6.10 Å². The van der Waals surface area contributed by atoms with E-state index in [2.05, 4.69) is 5.32 Å². The molecule has 6 heteroatoms. The fourth-order valence-corrected chi connectivity index (χ4v) is 2.30. The lowest BCUT2D eigenvalue weighted by Crippen LogP contribution is -2.30. The molecule has 0 aliphatic rings. The number of halogens is 1. The van der Waals surface area contributed by atoms with Crippen LogP contribution in [0.25, 0.3) is 0 Å². The minimum absolute atomic E-state index is 0.375. The van der Waals surface area contributed by atoms with Crippen LogP contribution in [0.5, 0.6) is 5.75 Å². The molecule has 2 rings (SSSR count). The number of aryl methyl sites for hydroxylation is 1. The predicted molar refractivity (Wildman–Crippen MR) is 92.7 cm³/mol. The van der Waals surface area contributed by atoms with Crippen LogP contribution in [0.15, 0.2) is 42.5 Å². The van der Waals surface area contributed by atoms with Crippen molar-refractivity contribution in [2.75, 3.05) is 12.4 Å². The first-order valence-corrected chi connectivity index (χ1v) is 7.70. The number of hydrogen-bond donors (Lipinski definition) is 1. The molecule has 0 saturated carbocycles. The van der Waals surface area contributed by atoms with Crippen molar-refractivity contribution >= 4 is 29.2 Å². The number of ether oxygens (including phenoxy) is 2. The lowest BCUT2D eigenvalue weighted by atomic mass is 10.1. The van der Waals surface area contributed by atoms with Gasteiger partial charge in [0.1, 0.15) is 5.75 Å². The molecule has 0 aliphatic heterocycles. The number of esters is 1. The summed E-state index contributed by atoms with van der Waals surface area (Å²) in [6.07, 6.45) is -0.945. The summed E-state index contributed by atoms with van der Waals surface area (Å²) in [6, 6.07) is 11.8. The van der Waals surface area contributed by atoms with Crippen LogP contribution < -0.4 is 10.1 Å². The van der Waals surface area contributed by atoms with E-state index in [0.29, 0.717) is 22.0 Å². The van der Waals surface area contributed by atoms with Crippen LogP contribution in [0.1, 0.15) is 22.8 Å². The Kier molecular flexibility index (Phi) is 5.82. The van der Waals surface area contributed by atoms with Gasteiger partial charge in [-0.05, 0) is 44.2 Å². The molecule has 0 spiro atoms. The van der Waals surface area contributed by atoms with Crippen LogP contribution in [0.3, 0.4) is 0 Å². The Labute approximate surface area is 145 Å². The van der Waals surface area contributed by atoms with Gasteiger partial charge in [-0.15, -0.1) is 0 Å². The average Bonchev–Trinajstić information content (AvgIpc) is 2.55. The van der Waals surface area contributed by atoms with Gasteiger partial charge in [-0.2, -0.15) is 0 Å². The van der Waals surface area contributed by atoms with Gasteiger partial charge in [0.2, 0.25) is 0 Å². The second-order valence-electron chi connectivity index (χ2n) is 5.26. The predicted octanol–water partition coefficient (Wildman–Crippen LogP) is 3.84. The molecule has 0 saturated heterocycles. The second kappa shape index (κ2) is 7.84. The van der Waals surface area contributed by atoms with Crippen molar-refractivity contribution in [2.45, 2.75) is 20.0 Å². The van der Waals surface area contributed by atoms with E-state index in [-0.39, 0.29) is 0 Å². The first kappa shape index (κ1) is 17.8. The summed E-state index contributed by atoms with van der Waals surface area (Å²) in [6.45, 7) is 3.38. The van der Waals surface area contributed by atoms with Gasteiger partial charge in [-0.3, -0.25) is 4.79 Å². The number of amides is 1. The lowest BCUT2D eigenvalue weighted by Gasteiger charge is -2.14. The highest BCUT2D eigenvalue weighted by molar-refractivity contribution is 6.32. The van der Waals surface area contributed by atoms with Gasteiger partial charge in [0.25, 0.3) is 5.91 Å². The Bertz CT molecular complexity index is 760. The Hall–Kier alpha value is -2.53. The molecule has 0 aromatic heterocycles. The van der Waals surface area contributed by atoms with Crippen LogP contribution in [-0.2, 0) is 9.53 Å². The average molecular weight is 348 g/mol. The van der Waals surface area contributed by atoms with Gasteiger partial charge < -0.3 is 14.8 Å². The number of rotatable bonds is 5. The molecular weight excluding hydrogens is 330 g/mol. The van der Waals surface area contributed by atoms with Crippen LogP contribution in [-0.4, -0.2) is 25.1 Å². The molecule has 0 bridgehead atoms. The number of carbonyl (C=O) groups excluding carboxylic acids is 2. The van der Waals surface area contributed by atoms with E-state index in [1.54, 1.807) is 36.4 Å². The number of anilines is 1. The normalized spacial score (nSPS) is 11.5. The minimum atomic E-state index is -0.945. The van der Waals surface area contributed by atoms with Gasteiger partial charge in [0, 0.05) is 5.69 Å². The van der Waals surface area contributed by atoms with Crippen LogP contribution in [0.2, 0.25) is 5.02 Å². The van der Waals surface area contributed by atoms with E-state index in [1.807, 2.05) is 13.0 Å². The highest BCUT2D eigenvalue weighted by Crippen LogP contribution is 2.27. The Morgan fingerprint density at radius 3 is 2.54 bits per heavy atom. The molecule has 1 atom stereocenters. The second-order valence-corrected chi connectivity index (χ2v) is 5.66. The molecule has 0 radical (unpaired) electrons. The van der Waals surface area contributed by atoms with Crippen molar-refractivity contribution in [1.82, 2.24) is 0 Å². The summed E-state index contributed by atoms with van der Waals surface area (Å²) in [5.74, 6) is -0.486. The molecule has 0 heterocycles. The number of methoxy groups -OCH3 is 1. The van der Waals surface area contributed by atoms with Crippen molar-refractivity contribution in [3.05, 3.63) is 58.6 Å². The van der Waals surface area contributed by atoms with E-state index in [0.717, 1.165) is 5.56 Å². The SMILES string of the molecule is COc1ccc(NC(=O)[C@H](C)OC(=O)c2cccc(C)c2)cc1Cl. The summed E-state index contributed by atoms with van der Waals surface area (Å²) in [5.41, 5.74) is 1.83. The third-order valence-corrected chi connectivity index (χ3v) is 3.62. The fourth-order valence-electron chi connectivity index (χ4n) is 2.04. The van der Waals surface area contributed by atoms with Crippen LogP contribution >= 0.6 is 11.6 Å². The lowest BCUT2D eigenvalue weighted by molar-refractivity contribution is -0.123. The summed E-state index contributed by atoms with van der Waals surface area (Å²) >= 11 is 6.01. The van der Waals surface area contributed by atoms with E-state index in [9.17, 15) is 9.59 Å².